The summed E-state index contributed by atoms with van der Waals surface area (Å²) in [6.45, 7) is 0.988. The van der Waals surface area contributed by atoms with E-state index in [2.05, 4.69) is 38.5 Å². The van der Waals surface area contributed by atoms with Crippen LogP contribution in [-0.2, 0) is 6.54 Å². The second-order valence-electron chi connectivity index (χ2n) is 6.21. The smallest absolute Gasteiger partial charge is 0.190 e. The molecule has 25 heavy (non-hydrogen) atoms. The second-order valence-corrected chi connectivity index (χ2v) is 8.00. The van der Waals surface area contributed by atoms with E-state index in [1.807, 2.05) is 18.3 Å². The summed E-state index contributed by atoms with van der Waals surface area (Å²) in [4.78, 5) is 11.4. The molecule has 3 aromatic heterocycles. The maximum absolute atomic E-state index is 4.84. The Morgan fingerprint density at radius 2 is 2.16 bits per heavy atom. The summed E-state index contributed by atoms with van der Waals surface area (Å²) in [7, 11) is 0. The monoisotopic (exact) mass is 367 g/mol. The van der Waals surface area contributed by atoms with Gasteiger partial charge in [-0.1, -0.05) is 17.7 Å². The van der Waals surface area contributed by atoms with Crippen LogP contribution in [0.25, 0.3) is 10.6 Å². The molecule has 0 bridgehead atoms. The maximum atomic E-state index is 4.84. The molecule has 3 nitrogen and oxygen atoms in total. The van der Waals surface area contributed by atoms with Gasteiger partial charge >= 0.3 is 0 Å². The highest BCUT2D eigenvalue weighted by Crippen LogP contribution is 2.27. The van der Waals surface area contributed by atoms with Crippen LogP contribution in [-0.4, -0.2) is 9.55 Å². The Bertz CT molecular complexity index is 902. The first-order valence-electron chi connectivity index (χ1n) is 8.75. The molecule has 0 N–H and O–H groups in total. The van der Waals surface area contributed by atoms with Crippen molar-refractivity contribution in [2.24, 2.45) is 4.99 Å². The van der Waals surface area contributed by atoms with Crippen molar-refractivity contribution >= 4 is 28.4 Å². The van der Waals surface area contributed by atoms with Gasteiger partial charge in [0, 0.05) is 18.1 Å². The molecule has 0 aliphatic heterocycles. The van der Waals surface area contributed by atoms with E-state index in [1.54, 1.807) is 34.4 Å². The number of rotatable bonds is 5. The maximum Gasteiger partial charge on any atom is 0.190 e. The average Bonchev–Trinajstić information content (AvgIpc) is 3.31. The molecular formula is C20H21N3S2. The number of nitrogens with zero attached hydrogens (tertiary/aromatic N) is 3. The Balaban J connectivity index is 1.69. The molecule has 0 atom stereocenters. The molecule has 4 rings (SSSR count). The van der Waals surface area contributed by atoms with E-state index in [9.17, 15) is 0 Å². The number of pyridine rings is 1. The first-order chi connectivity index (χ1) is 12.4. The van der Waals surface area contributed by atoms with Crippen LogP contribution < -0.4 is 4.80 Å². The van der Waals surface area contributed by atoms with Crippen molar-refractivity contribution in [1.29, 1.82) is 0 Å². The Morgan fingerprint density at radius 3 is 2.92 bits per heavy atom. The first-order valence-corrected chi connectivity index (χ1v) is 10.5. The number of thiophene rings is 1. The van der Waals surface area contributed by atoms with Gasteiger partial charge in [0.1, 0.15) is 0 Å². The number of aromatic nitrogens is 2. The van der Waals surface area contributed by atoms with E-state index in [1.165, 1.54) is 36.3 Å². The Hall–Kier alpha value is -1.98. The van der Waals surface area contributed by atoms with Crippen molar-refractivity contribution < 1.29 is 0 Å². The second kappa shape index (κ2) is 7.93. The molecule has 128 valence electrons. The summed E-state index contributed by atoms with van der Waals surface area (Å²) in [5.41, 5.74) is 3.79. The van der Waals surface area contributed by atoms with Crippen molar-refractivity contribution in [3.05, 3.63) is 63.9 Å². The first kappa shape index (κ1) is 16.5. The largest absolute Gasteiger partial charge is 0.315 e. The minimum absolute atomic E-state index is 0.910. The third kappa shape index (κ3) is 3.99. The minimum Gasteiger partial charge on any atom is -0.315 e. The van der Waals surface area contributed by atoms with Gasteiger partial charge in [-0.25, -0.2) is 4.99 Å². The van der Waals surface area contributed by atoms with E-state index in [0.717, 1.165) is 23.5 Å². The molecule has 3 heterocycles. The van der Waals surface area contributed by atoms with Gasteiger partial charge in [-0.3, -0.25) is 4.98 Å². The van der Waals surface area contributed by atoms with Crippen molar-refractivity contribution in [2.75, 3.05) is 0 Å². The van der Waals surface area contributed by atoms with Crippen LogP contribution in [0.1, 0.15) is 32.1 Å². The molecule has 0 unspecified atom stereocenters. The third-order valence-electron chi connectivity index (χ3n) is 4.48. The summed E-state index contributed by atoms with van der Waals surface area (Å²) in [5.74, 6) is 0. The molecule has 1 aliphatic rings. The highest BCUT2D eigenvalue weighted by atomic mass is 32.1. The van der Waals surface area contributed by atoms with E-state index < -0.39 is 0 Å². The van der Waals surface area contributed by atoms with Crippen LogP contribution in [0.5, 0.6) is 0 Å². The third-order valence-corrected chi connectivity index (χ3v) is 6.24. The van der Waals surface area contributed by atoms with Gasteiger partial charge in [0.15, 0.2) is 4.80 Å². The van der Waals surface area contributed by atoms with Crippen LogP contribution in [0.2, 0.25) is 0 Å². The zero-order valence-corrected chi connectivity index (χ0v) is 15.7. The topological polar surface area (TPSA) is 30.2 Å². The van der Waals surface area contributed by atoms with Crippen LogP contribution in [0.4, 0.5) is 5.69 Å². The van der Waals surface area contributed by atoms with Gasteiger partial charge in [0.05, 0.1) is 22.5 Å². The van der Waals surface area contributed by atoms with Crippen molar-refractivity contribution in [1.82, 2.24) is 9.55 Å². The molecular weight excluding hydrogens is 346 g/mol. The Labute approximate surface area is 156 Å². The van der Waals surface area contributed by atoms with Crippen molar-refractivity contribution in [3.63, 3.8) is 0 Å². The van der Waals surface area contributed by atoms with Gasteiger partial charge in [-0.05, 0) is 55.7 Å². The van der Waals surface area contributed by atoms with Gasteiger partial charge < -0.3 is 4.57 Å². The molecule has 0 radical (unpaired) electrons. The SMILES string of the molecule is C1=C(CCn2c(-c3cccs3)csc2=Nc2cccnc2)CCCC1. The molecule has 5 heteroatoms. The Morgan fingerprint density at radius 1 is 1.16 bits per heavy atom. The standard InChI is InChI=1S/C20H21N3S2/c1-2-6-16(7-3-1)10-12-23-18(19-9-5-13-24-19)15-25-20(23)22-17-8-4-11-21-14-17/h4-6,8-9,11,13-15H,1-3,7,10,12H2. The van der Waals surface area contributed by atoms with E-state index >= 15 is 0 Å². The summed E-state index contributed by atoms with van der Waals surface area (Å²) in [6.07, 6.45) is 12.4. The van der Waals surface area contributed by atoms with E-state index in [-0.39, 0.29) is 0 Å². The van der Waals surface area contributed by atoms with Crippen LogP contribution >= 0.6 is 22.7 Å². The molecule has 0 amide bonds. The molecule has 0 spiro atoms. The van der Waals surface area contributed by atoms with Crippen LogP contribution in [0, 0.1) is 0 Å². The fraction of sp³-hybridized carbons (Fsp3) is 0.300. The number of thiazole rings is 1. The summed E-state index contributed by atoms with van der Waals surface area (Å²) >= 11 is 3.50. The zero-order valence-electron chi connectivity index (χ0n) is 14.1. The highest BCUT2D eigenvalue weighted by Gasteiger charge is 2.11. The highest BCUT2D eigenvalue weighted by molar-refractivity contribution is 7.14. The number of hydrogen-bond acceptors (Lipinski definition) is 4. The van der Waals surface area contributed by atoms with Gasteiger partial charge in [0.25, 0.3) is 0 Å². The molecule has 3 aromatic rings. The fourth-order valence-electron chi connectivity index (χ4n) is 3.17. The Kier molecular flexibility index (Phi) is 5.23. The summed E-state index contributed by atoms with van der Waals surface area (Å²) in [6, 6.07) is 8.25. The van der Waals surface area contributed by atoms with Gasteiger partial charge in [-0.2, -0.15) is 0 Å². The van der Waals surface area contributed by atoms with Crippen molar-refractivity contribution in [3.8, 4) is 10.6 Å². The van der Waals surface area contributed by atoms with Gasteiger partial charge in [-0.15, -0.1) is 22.7 Å². The predicted octanol–water partition coefficient (Wildman–Crippen LogP) is 5.80. The lowest BCUT2D eigenvalue weighted by atomic mass is 9.97. The molecule has 0 saturated heterocycles. The summed E-state index contributed by atoms with van der Waals surface area (Å²) in [5, 5.41) is 4.37. The normalized spacial score (nSPS) is 15.4. The minimum atomic E-state index is 0.910. The molecule has 0 saturated carbocycles. The lowest BCUT2D eigenvalue weighted by Crippen LogP contribution is -2.16. The predicted molar refractivity (Wildman–Crippen MR) is 106 cm³/mol. The van der Waals surface area contributed by atoms with Gasteiger partial charge in [0.2, 0.25) is 0 Å². The molecule has 1 aliphatic carbocycles. The zero-order chi connectivity index (χ0) is 16.9. The van der Waals surface area contributed by atoms with Crippen LogP contribution in [0.15, 0.2) is 64.1 Å². The average molecular weight is 368 g/mol. The molecule has 0 fully saturated rings. The lowest BCUT2D eigenvalue weighted by Gasteiger charge is -2.14. The fourth-order valence-corrected chi connectivity index (χ4v) is 4.95. The quantitative estimate of drug-likeness (QED) is 0.524. The van der Waals surface area contributed by atoms with Crippen LogP contribution in [0.3, 0.4) is 0 Å². The number of allylic oxidation sites excluding steroid dienone is 2. The lowest BCUT2D eigenvalue weighted by molar-refractivity contribution is 0.621. The van der Waals surface area contributed by atoms with E-state index in [4.69, 9.17) is 4.99 Å². The number of hydrogen-bond donors (Lipinski definition) is 0. The molecule has 0 aromatic carbocycles. The van der Waals surface area contributed by atoms with E-state index in [0.29, 0.717) is 0 Å². The van der Waals surface area contributed by atoms with Crippen molar-refractivity contribution in [2.45, 2.75) is 38.6 Å². The summed E-state index contributed by atoms with van der Waals surface area (Å²) < 4.78 is 2.37.